The predicted octanol–water partition coefficient (Wildman–Crippen LogP) is 3.61. The SMILES string of the molecule is CCCSc1ccc(CNCC)cc1C. The van der Waals surface area contributed by atoms with Crippen LogP contribution >= 0.6 is 11.8 Å². The van der Waals surface area contributed by atoms with Crippen LogP contribution in [0.3, 0.4) is 0 Å². The lowest BCUT2D eigenvalue weighted by Crippen LogP contribution is -2.11. The summed E-state index contributed by atoms with van der Waals surface area (Å²) in [6.45, 7) is 8.58. The second-order valence-corrected chi connectivity index (χ2v) is 4.87. The number of aryl methyl sites for hydroxylation is 1. The molecule has 0 aliphatic carbocycles. The third-order valence-electron chi connectivity index (χ3n) is 2.28. The van der Waals surface area contributed by atoms with Crippen LogP contribution in [0.25, 0.3) is 0 Å². The van der Waals surface area contributed by atoms with Gasteiger partial charge in [0.25, 0.3) is 0 Å². The summed E-state index contributed by atoms with van der Waals surface area (Å²) in [6.07, 6.45) is 1.24. The van der Waals surface area contributed by atoms with Crippen LogP contribution in [0.5, 0.6) is 0 Å². The fraction of sp³-hybridized carbons (Fsp3) is 0.538. The molecule has 1 aromatic rings. The lowest BCUT2D eigenvalue weighted by Gasteiger charge is -2.08. The Morgan fingerprint density at radius 3 is 2.67 bits per heavy atom. The summed E-state index contributed by atoms with van der Waals surface area (Å²) in [5.41, 5.74) is 2.79. The van der Waals surface area contributed by atoms with E-state index in [0.29, 0.717) is 0 Å². The third-order valence-corrected chi connectivity index (χ3v) is 3.66. The van der Waals surface area contributed by atoms with Gasteiger partial charge in [-0.25, -0.2) is 0 Å². The Hall–Kier alpha value is -0.470. The molecule has 0 atom stereocenters. The molecule has 1 aromatic carbocycles. The van der Waals surface area contributed by atoms with Crippen molar-refractivity contribution in [3.63, 3.8) is 0 Å². The van der Waals surface area contributed by atoms with Crippen LogP contribution < -0.4 is 5.32 Å². The molecular formula is C13H21NS. The highest BCUT2D eigenvalue weighted by Gasteiger charge is 2.00. The minimum Gasteiger partial charge on any atom is -0.313 e. The quantitative estimate of drug-likeness (QED) is 0.739. The van der Waals surface area contributed by atoms with Crippen molar-refractivity contribution in [3.8, 4) is 0 Å². The third kappa shape index (κ3) is 4.27. The van der Waals surface area contributed by atoms with E-state index < -0.39 is 0 Å². The van der Waals surface area contributed by atoms with Gasteiger partial charge >= 0.3 is 0 Å². The van der Waals surface area contributed by atoms with Crippen molar-refractivity contribution < 1.29 is 0 Å². The summed E-state index contributed by atoms with van der Waals surface area (Å²) in [4.78, 5) is 1.43. The van der Waals surface area contributed by atoms with E-state index in [0.717, 1.165) is 13.1 Å². The standard InChI is InChI=1S/C13H21NS/c1-4-8-15-13-7-6-12(9-11(13)3)10-14-5-2/h6-7,9,14H,4-5,8,10H2,1-3H3. The Bertz CT molecular complexity index is 297. The number of rotatable bonds is 6. The zero-order valence-electron chi connectivity index (χ0n) is 9.97. The average Bonchev–Trinajstić information content (AvgIpc) is 2.25. The van der Waals surface area contributed by atoms with Gasteiger partial charge in [-0.3, -0.25) is 0 Å². The summed E-state index contributed by atoms with van der Waals surface area (Å²) >= 11 is 1.96. The monoisotopic (exact) mass is 223 g/mol. The molecule has 1 rings (SSSR count). The normalized spacial score (nSPS) is 10.6. The van der Waals surface area contributed by atoms with Crippen molar-refractivity contribution in [1.82, 2.24) is 5.32 Å². The van der Waals surface area contributed by atoms with E-state index in [1.165, 1.54) is 28.2 Å². The number of hydrogen-bond acceptors (Lipinski definition) is 2. The maximum absolute atomic E-state index is 3.35. The van der Waals surface area contributed by atoms with Gasteiger partial charge in [-0.1, -0.05) is 26.0 Å². The minimum atomic E-state index is 0.982. The number of thioether (sulfide) groups is 1. The van der Waals surface area contributed by atoms with E-state index in [2.05, 4.69) is 44.3 Å². The summed E-state index contributed by atoms with van der Waals surface area (Å²) < 4.78 is 0. The van der Waals surface area contributed by atoms with Crippen molar-refractivity contribution in [2.45, 2.75) is 38.6 Å². The predicted molar refractivity (Wildman–Crippen MR) is 69.6 cm³/mol. The van der Waals surface area contributed by atoms with E-state index in [9.17, 15) is 0 Å². The van der Waals surface area contributed by atoms with Gasteiger partial charge < -0.3 is 5.32 Å². The van der Waals surface area contributed by atoms with Crippen LogP contribution in [-0.4, -0.2) is 12.3 Å². The van der Waals surface area contributed by atoms with Crippen LogP contribution in [0.15, 0.2) is 23.1 Å². The Balaban J connectivity index is 2.61. The van der Waals surface area contributed by atoms with Gasteiger partial charge in [0.05, 0.1) is 0 Å². The average molecular weight is 223 g/mol. The van der Waals surface area contributed by atoms with Gasteiger partial charge in [0, 0.05) is 11.4 Å². The molecule has 0 spiro atoms. The van der Waals surface area contributed by atoms with E-state index in [1.54, 1.807) is 0 Å². The molecule has 0 unspecified atom stereocenters. The highest BCUT2D eigenvalue weighted by Crippen LogP contribution is 2.23. The molecule has 15 heavy (non-hydrogen) atoms. The lowest BCUT2D eigenvalue weighted by molar-refractivity contribution is 0.726. The van der Waals surface area contributed by atoms with Gasteiger partial charge in [-0.15, -0.1) is 11.8 Å². The molecule has 0 radical (unpaired) electrons. The maximum atomic E-state index is 3.35. The molecule has 0 saturated heterocycles. The molecule has 2 heteroatoms. The van der Waals surface area contributed by atoms with Crippen LogP contribution in [0.4, 0.5) is 0 Å². The van der Waals surface area contributed by atoms with Crippen molar-refractivity contribution in [1.29, 1.82) is 0 Å². The smallest absolute Gasteiger partial charge is 0.0205 e. The van der Waals surface area contributed by atoms with E-state index in [1.807, 2.05) is 11.8 Å². The highest BCUT2D eigenvalue weighted by atomic mass is 32.2. The van der Waals surface area contributed by atoms with Crippen LogP contribution in [0.2, 0.25) is 0 Å². The van der Waals surface area contributed by atoms with E-state index >= 15 is 0 Å². The first-order valence-corrected chi connectivity index (χ1v) is 6.69. The molecular weight excluding hydrogens is 202 g/mol. The first-order chi connectivity index (χ1) is 7.27. The van der Waals surface area contributed by atoms with Gasteiger partial charge in [0.15, 0.2) is 0 Å². The lowest BCUT2D eigenvalue weighted by atomic mass is 10.1. The summed E-state index contributed by atoms with van der Waals surface area (Å²) in [5, 5.41) is 3.35. The van der Waals surface area contributed by atoms with Crippen molar-refractivity contribution in [2.75, 3.05) is 12.3 Å². The largest absolute Gasteiger partial charge is 0.313 e. The summed E-state index contributed by atoms with van der Waals surface area (Å²) in [6, 6.07) is 6.77. The van der Waals surface area contributed by atoms with E-state index in [4.69, 9.17) is 0 Å². The molecule has 0 fully saturated rings. The Labute approximate surface area is 97.7 Å². The second kappa shape index (κ2) is 6.91. The highest BCUT2D eigenvalue weighted by molar-refractivity contribution is 7.99. The Kier molecular flexibility index (Phi) is 5.81. The number of nitrogens with one attached hydrogen (secondary N) is 1. The fourth-order valence-corrected chi connectivity index (χ4v) is 2.34. The maximum Gasteiger partial charge on any atom is 0.0205 e. The summed E-state index contributed by atoms with van der Waals surface area (Å²) in [5.74, 6) is 1.22. The topological polar surface area (TPSA) is 12.0 Å². The minimum absolute atomic E-state index is 0.982. The van der Waals surface area contributed by atoms with Crippen LogP contribution in [0.1, 0.15) is 31.4 Å². The zero-order valence-corrected chi connectivity index (χ0v) is 10.8. The van der Waals surface area contributed by atoms with Gasteiger partial charge in [-0.2, -0.15) is 0 Å². The second-order valence-electron chi connectivity index (χ2n) is 3.73. The molecule has 0 bridgehead atoms. The van der Waals surface area contributed by atoms with Crippen molar-refractivity contribution in [2.24, 2.45) is 0 Å². The first-order valence-electron chi connectivity index (χ1n) is 5.71. The zero-order chi connectivity index (χ0) is 11.1. The molecule has 1 nitrogen and oxygen atoms in total. The Morgan fingerprint density at radius 1 is 1.27 bits per heavy atom. The Morgan fingerprint density at radius 2 is 2.07 bits per heavy atom. The molecule has 0 saturated carbocycles. The van der Waals surface area contributed by atoms with Crippen LogP contribution in [0, 0.1) is 6.92 Å². The van der Waals surface area contributed by atoms with Gasteiger partial charge in [0.2, 0.25) is 0 Å². The molecule has 0 aliphatic rings. The number of hydrogen-bond donors (Lipinski definition) is 1. The number of benzene rings is 1. The fourth-order valence-electron chi connectivity index (χ4n) is 1.46. The van der Waals surface area contributed by atoms with Crippen molar-refractivity contribution in [3.05, 3.63) is 29.3 Å². The van der Waals surface area contributed by atoms with Crippen molar-refractivity contribution >= 4 is 11.8 Å². The molecule has 0 amide bonds. The van der Waals surface area contributed by atoms with E-state index in [-0.39, 0.29) is 0 Å². The molecule has 0 aromatic heterocycles. The summed E-state index contributed by atoms with van der Waals surface area (Å²) in [7, 11) is 0. The first kappa shape index (κ1) is 12.6. The van der Waals surface area contributed by atoms with Gasteiger partial charge in [-0.05, 0) is 42.8 Å². The van der Waals surface area contributed by atoms with Gasteiger partial charge in [0.1, 0.15) is 0 Å². The molecule has 1 N–H and O–H groups in total. The molecule has 84 valence electrons. The molecule has 0 heterocycles. The van der Waals surface area contributed by atoms with Crippen LogP contribution in [-0.2, 0) is 6.54 Å². The molecule has 0 aliphatic heterocycles.